The topological polar surface area (TPSA) is 38.3 Å². The van der Waals surface area contributed by atoms with Crippen molar-refractivity contribution < 1.29 is 9.53 Å². The Balaban J connectivity index is 3.53. The summed E-state index contributed by atoms with van der Waals surface area (Å²) in [5.74, 6) is 5.80. The minimum atomic E-state index is -0.124. The molecule has 3 nitrogen and oxygen atoms in total. The van der Waals surface area contributed by atoms with E-state index in [9.17, 15) is 4.79 Å². The molecule has 0 saturated carbocycles. The van der Waals surface area contributed by atoms with E-state index in [-0.39, 0.29) is 12.5 Å². The maximum atomic E-state index is 11.3. The average molecular weight is 223 g/mol. The molecule has 0 aliphatic rings. The number of rotatable bonds is 7. The van der Waals surface area contributed by atoms with Gasteiger partial charge in [-0.1, -0.05) is 20.4 Å². The first kappa shape index (κ1) is 14.7. The minimum absolute atomic E-state index is 0.124. The molecule has 0 radical (unpaired) electrons. The SMILES string of the molecule is C=C(COCCC#CCC)C(=O)NCCC. The van der Waals surface area contributed by atoms with E-state index in [1.54, 1.807) is 0 Å². The van der Waals surface area contributed by atoms with Gasteiger partial charge in [-0.05, 0) is 6.42 Å². The molecule has 0 unspecified atom stereocenters. The third kappa shape index (κ3) is 8.07. The molecule has 0 aliphatic heterocycles. The van der Waals surface area contributed by atoms with Gasteiger partial charge in [0.2, 0.25) is 5.91 Å². The van der Waals surface area contributed by atoms with Crippen molar-refractivity contribution in [2.45, 2.75) is 33.1 Å². The zero-order valence-corrected chi connectivity index (χ0v) is 10.3. The molecule has 0 atom stereocenters. The molecule has 0 aromatic heterocycles. The third-order valence-electron chi connectivity index (χ3n) is 1.81. The van der Waals surface area contributed by atoms with Crippen LogP contribution in [0.15, 0.2) is 12.2 Å². The second kappa shape index (κ2) is 10.3. The van der Waals surface area contributed by atoms with Crippen LogP contribution in [0.5, 0.6) is 0 Å². The second-order valence-corrected chi connectivity index (χ2v) is 3.37. The number of ether oxygens (including phenoxy) is 1. The lowest BCUT2D eigenvalue weighted by molar-refractivity contribution is -0.118. The molecule has 3 heteroatoms. The summed E-state index contributed by atoms with van der Waals surface area (Å²) < 4.78 is 5.28. The number of hydrogen-bond acceptors (Lipinski definition) is 2. The first-order valence-corrected chi connectivity index (χ1v) is 5.71. The van der Waals surface area contributed by atoms with Crippen molar-refractivity contribution >= 4 is 5.91 Å². The molecule has 90 valence electrons. The summed E-state index contributed by atoms with van der Waals surface area (Å²) in [7, 11) is 0. The largest absolute Gasteiger partial charge is 0.376 e. The van der Waals surface area contributed by atoms with Crippen LogP contribution in [0.4, 0.5) is 0 Å². The summed E-state index contributed by atoms with van der Waals surface area (Å²) in [4.78, 5) is 11.3. The maximum absolute atomic E-state index is 11.3. The van der Waals surface area contributed by atoms with Gasteiger partial charge in [-0.15, -0.1) is 11.8 Å². The minimum Gasteiger partial charge on any atom is -0.376 e. The van der Waals surface area contributed by atoms with E-state index in [0.29, 0.717) is 25.1 Å². The molecule has 0 spiro atoms. The lowest BCUT2D eigenvalue weighted by atomic mass is 10.3. The molecular weight excluding hydrogens is 202 g/mol. The van der Waals surface area contributed by atoms with Gasteiger partial charge in [0.15, 0.2) is 0 Å². The van der Waals surface area contributed by atoms with E-state index in [1.165, 1.54) is 0 Å². The Morgan fingerprint density at radius 2 is 2.12 bits per heavy atom. The average Bonchev–Trinajstić information content (AvgIpc) is 2.30. The van der Waals surface area contributed by atoms with Crippen LogP contribution in [0.2, 0.25) is 0 Å². The van der Waals surface area contributed by atoms with E-state index in [1.807, 2.05) is 13.8 Å². The zero-order chi connectivity index (χ0) is 12.2. The van der Waals surface area contributed by atoms with Crippen LogP contribution in [0.1, 0.15) is 33.1 Å². The summed E-state index contributed by atoms with van der Waals surface area (Å²) in [6.07, 6.45) is 2.50. The predicted octanol–water partition coefficient (Wildman–Crippen LogP) is 1.89. The fourth-order valence-corrected chi connectivity index (χ4v) is 0.961. The molecule has 0 bridgehead atoms. The first-order chi connectivity index (χ1) is 7.72. The van der Waals surface area contributed by atoms with Crippen LogP contribution in [0.25, 0.3) is 0 Å². The van der Waals surface area contributed by atoms with E-state index >= 15 is 0 Å². The van der Waals surface area contributed by atoms with Gasteiger partial charge in [0.1, 0.15) is 0 Å². The Morgan fingerprint density at radius 1 is 1.38 bits per heavy atom. The number of hydrogen-bond donors (Lipinski definition) is 1. The van der Waals surface area contributed by atoms with Crippen LogP contribution in [0.3, 0.4) is 0 Å². The summed E-state index contributed by atoms with van der Waals surface area (Å²) in [6.45, 7) is 9.19. The van der Waals surface area contributed by atoms with Gasteiger partial charge in [-0.3, -0.25) is 4.79 Å². The lowest BCUT2D eigenvalue weighted by Crippen LogP contribution is -2.27. The molecule has 1 N–H and O–H groups in total. The Bertz CT molecular complexity index is 273. The zero-order valence-electron chi connectivity index (χ0n) is 10.3. The van der Waals surface area contributed by atoms with E-state index < -0.39 is 0 Å². The van der Waals surface area contributed by atoms with Gasteiger partial charge >= 0.3 is 0 Å². The van der Waals surface area contributed by atoms with Gasteiger partial charge in [0.25, 0.3) is 0 Å². The van der Waals surface area contributed by atoms with Crippen molar-refractivity contribution in [3.8, 4) is 11.8 Å². The molecular formula is C13H21NO2. The standard InChI is InChI=1S/C13H21NO2/c1-4-6-7-8-10-16-11-12(3)13(15)14-9-5-2/h3-5,8-11H2,1-2H3,(H,14,15). The highest BCUT2D eigenvalue weighted by molar-refractivity contribution is 5.92. The van der Waals surface area contributed by atoms with Crippen molar-refractivity contribution in [3.63, 3.8) is 0 Å². The van der Waals surface area contributed by atoms with Crippen molar-refractivity contribution in [2.75, 3.05) is 19.8 Å². The number of carbonyl (C=O) groups is 1. The van der Waals surface area contributed by atoms with Crippen LogP contribution in [-0.4, -0.2) is 25.7 Å². The molecule has 0 fully saturated rings. The Labute approximate surface area is 98.3 Å². The Kier molecular flexibility index (Phi) is 9.44. The van der Waals surface area contributed by atoms with Crippen molar-refractivity contribution in [3.05, 3.63) is 12.2 Å². The first-order valence-electron chi connectivity index (χ1n) is 5.71. The molecule has 0 aliphatic carbocycles. The number of nitrogens with one attached hydrogen (secondary N) is 1. The van der Waals surface area contributed by atoms with Crippen LogP contribution in [-0.2, 0) is 9.53 Å². The maximum Gasteiger partial charge on any atom is 0.248 e. The van der Waals surface area contributed by atoms with Crippen LogP contribution < -0.4 is 5.32 Å². The van der Waals surface area contributed by atoms with Gasteiger partial charge in [-0.2, -0.15) is 0 Å². The van der Waals surface area contributed by atoms with Crippen molar-refractivity contribution in [1.29, 1.82) is 0 Å². The fourth-order valence-electron chi connectivity index (χ4n) is 0.961. The molecule has 0 aromatic rings. The number of amides is 1. The smallest absolute Gasteiger partial charge is 0.248 e. The fraction of sp³-hybridized carbons (Fsp3) is 0.615. The molecule has 1 amide bonds. The molecule has 0 saturated heterocycles. The lowest BCUT2D eigenvalue weighted by Gasteiger charge is -2.06. The number of carbonyl (C=O) groups excluding carboxylic acids is 1. The van der Waals surface area contributed by atoms with E-state index in [4.69, 9.17) is 4.74 Å². The van der Waals surface area contributed by atoms with Crippen molar-refractivity contribution in [1.82, 2.24) is 5.32 Å². The Hall–Kier alpha value is -1.27. The van der Waals surface area contributed by atoms with Crippen molar-refractivity contribution in [2.24, 2.45) is 0 Å². The van der Waals surface area contributed by atoms with Gasteiger partial charge in [0, 0.05) is 25.0 Å². The predicted molar refractivity (Wildman–Crippen MR) is 65.9 cm³/mol. The van der Waals surface area contributed by atoms with Gasteiger partial charge < -0.3 is 10.1 Å². The highest BCUT2D eigenvalue weighted by Gasteiger charge is 2.04. The quantitative estimate of drug-likeness (QED) is 0.406. The van der Waals surface area contributed by atoms with Crippen LogP contribution >= 0.6 is 0 Å². The monoisotopic (exact) mass is 223 g/mol. The molecule has 16 heavy (non-hydrogen) atoms. The highest BCUT2D eigenvalue weighted by atomic mass is 16.5. The molecule has 0 heterocycles. The highest BCUT2D eigenvalue weighted by Crippen LogP contribution is 1.93. The molecule has 0 rings (SSSR count). The normalized spacial score (nSPS) is 9.12. The van der Waals surface area contributed by atoms with Gasteiger partial charge in [-0.25, -0.2) is 0 Å². The van der Waals surface area contributed by atoms with Crippen LogP contribution in [0, 0.1) is 11.8 Å². The summed E-state index contributed by atoms with van der Waals surface area (Å²) in [5, 5.41) is 2.75. The summed E-state index contributed by atoms with van der Waals surface area (Å²) in [6, 6.07) is 0. The van der Waals surface area contributed by atoms with E-state index in [0.717, 1.165) is 12.8 Å². The summed E-state index contributed by atoms with van der Waals surface area (Å²) >= 11 is 0. The third-order valence-corrected chi connectivity index (χ3v) is 1.81. The molecule has 0 aromatic carbocycles. The Morgan fingerprint density at radius 3 is 2.75 bits per heavy atom. The van der Waals surface area contributed by atoms with Gasteiger partial charge in [0.05, 0.1) is 13.2 Å². The summed E-state index contributed by atoms with van der Waals surface area (Å²) in [5.41, 5.74) is 0.469. The second-order valence-electron chi connectivity index (χ2n) is 3.37. The van der Waals surface area contributed by atoms with E-state index in [2.05, 4.69) is 23.7 Å².